The minimum absolute atomic E-state index is 0.00748. The van der Waals surface area contributed by atoms with Gasteiger partial charge < -0.3 is 14.6 Å². The number of aliphatic imine (C=N–C) groups is 1. The van der Waals surface area contributed by atoms with Crippen LogP contribution in [0.15, 0.2) is 94.0 Å². The second kappa shape index (κ2) is 11.7. The molecule has 1 N–H and O–H groups in total. The molecule has 8 heteroatoms. The molecule has 0 aliphatic carbocycles. The van der Waals surface area contributed by atoms with Crippen LogP contribution in [0.4, 0.5) is 4.39 Å². The van der Waals surface area contributed by atoms with Crippen molar-refractivity contribution in [2.75, 3.05) is 6.61 Å². The summed E-state index contributed by atoms with van der Waals surface area (Å²) in [6, 6.07) is 20.3. The number of esters is 1. The Morgan fingerprint density at radius 1 is 1.03 bits per heavy atom. The third kappa shape index (κ3) is 5.98. The Labute approximate surface area is 218 Å². The highest BCUT2D eigenvalue weighted by Gasteiger charge is 2.34. The summed E-state index contributed by atoms with van der Waals surface area (Å²) in [7, 11) is 0. The summed E-state index contributed by atoms with van der Waals surface area (Å²) in [6.45, 7) is 3.53. The zero-order chi connectivity index (χ0) is 26.4. The fourth-order valence-corrected chi connectivity index (χ4v) is 4.60. The van der Waals surface area contributed by atoms with Crippen LogP contribution in [0, 0.1) is 12.7 Å². The van der Waals surface area contributed by atoms with Gasteiger partial charge in [-0.15, -0.1) is 0 Å². The smallest absolute Gasteiger partial charge is 0.344 e. The topological polar surface area (TPSA) is 85.2 Å². The summed E-state index contributed by atoms with van der Waals surface area (Å²) in [5, 5.41) is 11.0. The summed E-state index contributed by atoms with van der Waals surface area (Å²) in [5.74, 6) is -1.58. The summed E-state index contributed by atoms with van der Waals surface area (Å²) in [6.07, 6.45) is 1.62. The standard InChI is InChI=1S/C29H24FNO5S/c1-3-35-29(34)25-26(32)24(37-28(25)31-27(33)21-13-7-4-10-18(21)2)16-19-11-6-9-15-23(19)36-17-20-12-5-8-14-22(20)30/h4-16,32H,3,17H2,1-2H3/b24-16-,31-28?. The number of halogens is 1. The van der Waals surface area contributed by atoms with Crippen molar-refractivity contribution in [2.24, 2.45) is 4.99 Å². The number of aliphatic hydroxyl groups is 1. The molecule has 0 fully saturated rings. The second-order valence-corrected chi connectivity index (χ2v) is 9.04. The molecule has 1 heterocycles. The number of hydrogen-bond donors (Lipinski definition) is 1. The third-order valence-electron chi connectivity index (χ3n) is 5.50. The Kier molecular flexibility index (Phi) is 8.20. The first-order valence-corrected chi connectivity index (χ1v) is 12.3. The SMILES string of the molecule is CCOC(=O)C1=C(O)/C(=C/c2ccccc2OCc2ccccc2F)SC1=NC(=O)c1ccccc1C. The number of carbonyl (C=O) groups is 2. The highest BCUT2D eigenvalue weighted by Crippen LogP contribution is 2.40. The van der Waals surface area contributed by atoms with E-state index in [9.17, 15) is 19.1 Å². The van der Waals surface area contributed by atoms with Crippen LogP contribution in [0.2, 0.25) is 0 Å². The van der Waals surface area contributed by atoms with Gasteiger partial charge in [0.2, 0.25) is 0 Å². The molecule has 1 aliphatic heterocycles. The van der Waals surface area contributed by atoms with E-state index in [0.717, 1.165) is 17.3 Å². The number of carbonyl (C=O) groups excluding carboxylic acids is 2. The van der Waals surface area contributed by atoms with Gasteiger partial charge in [0.25, 0.3) is 5.91 Å². The van der Waals surface area contributed by atoms with Crippen molar-refractivity contribution in [1.29, 1.82) is 0 Å². The predicted molar refractivity (Wildman–Crippen MR) is 142 cm³/mol. The average Bonchev–Trinajstić information content (AvgIpc) is 3.18. The Hall–Kier alpha value is -4.17. The molecule has 0 aromatic heterocycles. The molecule has 4 rings (SSSR count). The van der Waals surface area contributed by atoms with Crippen LogP contribution >= 0.6 is 11.8 Å². The molecule has 0 unspecified atom stereocenters. The van der Waals surface area contributed by atoms with Gasteiger partial charge in [-0.05, 0) is 43.7 Å². The van der Waals surface area contributed by atoms with Crippen LogP contribution in [-0.4, -0.2) is 28.6 Å². The molecule has 188 valence electrons. The van der Waals surface area contributed by atoms with Crippen molar-refractivity contribution in [3.63, 3.8) is 0 Å². The molecule has 6 nitrogen and oxygen atoms in total. The van der Waals surface area contributed by atoms with Crippen molar-refractivity contribution in [3.8, 4) is 5.75 Å². The first-order chi connectivity index (χ1) is 17.9. The van der Waals surface area contributed by atoms with Crippen LogP contribution < -0.4 is 4.74 Å². The minimum atomic E-state index is -0.781. The monoisotopic (exact) mass is 517 g/mol. The third-order valence-corrected chi connectivity index (χ3v) is 6.52. The number of amides is 1. The molecule has 0 saturated carbocycles. The summed E-state index contributed by atoms with van der Waals surface area (Å²) >= 11 is 0.980. The maximum Gasteiger partial charge on any atom is 0.344 e. The van der Waals surface area contributed by atoms with Crippen molar-refractivity contribution in [3.05, 3.63) is 117 Å². The van der Waals surface area contributed by atoms with Gasteiger partial charge in [0, 0.05) is 16.7 Å². The zero-order valence-electron chi connectivity index (χ0n) is 20.2. The molecular formula is C29H24FNO5S. The Bertz CT molecular complexity index is 1440. The first-order valence-electron chi connectivity index (χ1n) is 11.5. The molecule has 37 heavy (non-hydrogen) atoms. The van der Waals surface area contributed by atoms with E-state index in [0.29, 0.717) is 27.3 Å². The van der Waals surface area contributed by atoms with Crippen molar-refractivity contribution >= 4 is 34.8 Å². The average molecular weight is 518 g/mol. The minimum Gasteiger partial charge on any atom is -0.506 e. The number of thioether (sulfide) groups is 1. The molecule has 0 spiro atoms. The number of nitrogens with zero attached hydrogens (tertiary/aromatic N) is 1. The molecule has 0 saturated heterocycles. The maximum atomic E-state index is 14.0. The van der Waals surface area contributed by atoms with Crippen LogP contribution in [0.3, 0.4) is 0 Å². The van der Waals surface area contributed by atoms with E-state index in [2.05, 4.69) is 4.99 Å². The summed E-state index contributed by atoms with van der Waals surface area (Å²) in [5.41, 5.74) is 1.94. The normalized spacial score (nSPS) is 15.3. The number of hydrogen-bond acceptors (Lipinski definition) is 6. The number of ether oxygens (including phenoxy) is 2. The van der Waals surface area contributed by atoms with E-state index in [1.165, 1.54) is 6.07 Å². The summed E-state index contributed by atoms with van der Waals surface area (Å²) in [4.78, 5) is 30.0. The van der Waals surface area contributed by atoms with Gasteiger partial charge in [-0.2, -0.15) is 0 Å². The molecule has 0 radical (unpaired) electrons. The lowest BCUT2D eigenvalue weighted by molar-refractivity contribution is -0.138. The van der Waals surface area contributed by atoms with E-state index in [4.69, 9.17) is 9.47 Å². The van der Waals surface area contributed by atoms with Crippen LogP contribution in [0.1, 0.15) is 34.0 Å². The second-order valence-electron chi connectivity index (χ2n) is 8.01. The Balaban J connectivity index is 1.68. The number of rotatable bonds is 7. The van der Waals surface area contributed by atoms with Crippen molar-refractivity contribution in [2.45, 2.75) is 20.5 Å². The highest BCUT2D eigenvalue weighted by molar-refractivity contribution is 8.18. The fraction of sp³-hybridized carbons (Fsp3) is 0.138. The van der Waals surface area contributed by atoms with Crippen LogP contribution in [-0.2, 0) is 16.1 Å². The van der Waals surface area contributed by atoms with Crippen LogP contribution in [0.5, 0.6) is 5.75 Å². The molecular weight excluding hydrogens is 493 g/mol. The Morgan fingerprint density at radius 3 is 2.49 bits per heavy atom. The quantitative estimate of drug-likeness (QED) is 0.364. The van der Waals surface area contributed by atoms with E-state index < -0.39 is 11.9 Å². The van der Waals surface area contributed by atoms with Gasteiger partial charge in [0.15, 0.2) is 0 Å². The van der Waals surface area contributed by atoms with Crippen LogP contribution in [0.25, 0.3) is 6.08 Å². The number of para-hydroxylation sites is 1. The molecule has 3 aromatic rings. The highest BCUT2D eigenvalue weighted by atomic mass is 32.2. The maximum absolute atomic E-state index is 14.0. The molecule has 3 aromatic carbocycles. The van der Waals surface area contributed by atoms with E-state index in [-0.39, 0.29) is 35.4 Å². The van der Waals surface area contributed by atoms with E-state index in [1.54, 1.807) is 80.6 Å². The molecule has 0 atom stereocenters. The van der Waals surface area contributed by atoms with Gasteiger partial charge in [-0.25, -0.2) is 14.2 Å². The predicted octanol–water partition coefficient (Wildman–Crippen LogP) is 6.41. The molecule has 1 amide bonds. The largest absolute Gasteiger partial charge is 0.506 e. The van der Waals surface area contributed by atoms with Crippen molar-refractivity contribution < 1.29 is 28.6 Å². The molecule has 1 aliphatic rings. The number of benzene rings is 3. The van der Waals surface area contributed by atoms with Gasteiger partial charge in [-0.1, -0.05) is 66.4 Å². The van der Waals surface area contributed by atoms with Gasteiger partial charge in [0.05, 0.1) is 11.5 Å². The number of aliphatic hydroxyl groups excluding tert-OH is 1. The lowest BCUT2D eigenvalue weighted by Crippen LogP contribution is -2.14. The van der Waals surface area contributed by atoms with Gasteiger partial charge in [0.1, 0.15) is 34.5 Å². The Morgan fingerprint density at radius 2 is 1.73 bits per heavy atom. The van der Waals surface area contributed by atoms with E-state index >= 15 is 0 Å². The summed E-state index contributed by atoms with van der Waals surface area (Å²) < 4.78 is 25.0. The van der Waals surface area contributed by atoms with Gasteiger partial charge >= 0.3 is 5.97 Å². The lowest BCUT2D eigenvalue weighted by Gasteiger charge is -2.10. The van der Waals surface area contributed by atoms with Crippen molar-refractivity contribution in [1.82, 2.24) is 0 Å². The first kappa shape index (κ1) is 25.9. The lowest BCUT2D eigenvalue weighted by atomic mass is 10.1. The molecule has 0 bridgehead atoms. The van der Waals surface area contributed by atoms with E-state index in [1.807, 2.05) is 6.07 Å². The zero-order valence-corrected chi connectivity index (χ0v) is 21.0. The van der Waals surface area contributed by atoms with Gasteiger partial charge in [-0.3, -0.25) is 4.79 Å². The fourth-order valence-electron chi connectivity index (χ4n) is 3.60. The number of aryl methyl sites for hydroxylation is 1.